The lowest BCUT2D eigenvalue weighted by Crippen LogP contribution is -2.10. The van der Waals surface area contributed by atoms with E-state index in [4.69, 9.17) is 22.7 Å². The lowest BCUT2D eigenvalue weighted by atomic mass is 10.1. The molecule has 20 heavy (non-hydrogen) atoms. The zero-order valence-corrected chi connectivity index (χ0v) is 12.5. The third-order valence-electron chi connectivity index (χ3n) is 3.10. The molecule has 0 fully saturated rings. The molecule has 0 saturated heterocycles. The molecule has 0 aliphatic carbocycles. The number of ether oxygens (including phenoxy) is 1. The molecule has 0 spiro atoms. The molecule has 2 N–H and O–H groups in total. The van der Waals surface area contributed by atoms with Gasteiger partial charge in [-0.1, -0.05) is 55.9 Å². The summed E-state index contributed by atoms with van der Waals surface area (Å²) < 4.78 is 5.93. The van der Waals surface area contributed by atoms with E-state index in [1.165, 1.54) is 0 Å². The molecule has 0 aromatic heterocycles. The quantitative estimate of drug-likeness (QED) is 0.819. The summed E-state index contributed by atoms with van der Waals surface area (Å²) in [5.74, 6) is 0.913. The molecule has 2 rings (SSSR count). The third kappa shape index (κ3) is 3.81. The number of nitrogens with two attached hydrogens (primary N) is 1. The van der Waals surface area contributed by atoms with Crippen LogP contribution in [0.2, 0.25) is 0 Å². The second-order valence-corrected chi connectivity index (χ2v) is 5.15. The molecular formula is C17H19NOS. The van der Waals surface area contributed by atoms with Gasteiger partial charge in [-0.05, 0) is 35.7 Å². The van der Waals surface area contributed by atoms with Crippen molar-refractivity contribution in [3.8, 4) is 5.75 Å². The largest absolute Gasteiger partial charge is 0.489 e. The van der Waals surface area contributed by atoms with Gasteiger partial charge in [-0.15, -0.1) is 0 Å². The maximum atomic E-state index is 5.93. The Morgan fingerprint density at radius 1 is 1.15 bits per heavy atom. The van der Waals surface area contributed by atoms with Crippen molar-refractivity contribution in [1.29, 1.82) is 0 Å². The fraction of sp³-hybridized carbons (Fsp3) is 0.235. The molecular weight excluding hydrogens is 266 g/mol. The molecule has 0 atom stereocenters. The molecule has 3 heteroatoms. The SMILES string of the molecule is CCCc1cc(C(N)=S)ccc1OCc1ccccc1. The van der Waals surface area contributed by atoms with Crippen molar-refractivity contribution < 1.29 is 4.74 Å². The van der Waals surface area contributed by atoms with Crippen molar-refractivity contribution in [3.05, 3.63) is 65.2 Å². The van der Waals surface area contributed by atoms with Gasteiger partial charge in [0.15, 0.2) is 0 Å². The van der Waals surface area contributed by atoms with Crippen molar-refractivity contribution >= 4 is 17.2 Å². The van der Waals surface area contributed by atoms with Crippen LogP contribution in [0, 0.1) is 0 Å². The minimum atomic E-state index is 0.428. The molecule has 2 nitrogen and oxygen atoms in total. The number of benzene rings is 2. The summed E-state index contributed by atoms with van der Waals surface area (Å²) >= 11 is 5.03. The number of rotatable bonds is 6. The highest BCUT2D eigenvalue weighted by Gasteiger charge is 2.06. The van der Waals surface area contributed by atoms with E-state index >= 15 is 0 Å². The van der Waals surface area contributed by atoms with E-state index in [-0.39, 0.29) is 0 Å². The molecule has 2 aromatic carbocycles. The summed E-state index contributed by atoms with van der Waals surface area (Å²) in [5, 5.41) is 0. The Kier molecular flexibility index (Phi) is 5.13. The first-order chi connectivity index (χ1) is 9.70. The average Bonchev–Trinajstić information content (AvgIpc) is 2.47. The van der Waals surface area contributed by atoms with Gasteiger partial charge in [0.05, 0.1) is 0 Å². The van der Waals surface area contributed by atoms with Gasteiger partial charge in [0, 0.05) is 5.56 Å². The van der Waals surface area contributed by atoms with Gasteiger partial charge in [0.2, 0.25) is 0 Å². The van der Waals surface area contributed by atoms with Crippen molar-refractivity contribution in [1.82, 2.24) is 0 Å². The van der Waals surface area contributed by atoms with E-state index in [1.54, 1.807) is 0 Å². The Morgan fingerprint density at radius 2 is 1.90 bits per heavy atom. The highest BCUT2D eigenvalue weighted by atomic mass is 32.1. The van der Waals surface area contributed by atoms with E-state index in [2.05, 4.69) is 19.1 Å². The van der Waals surface area contributed by atoms with E-state index in [9.17, 15) is 0 Å². The third-order valence-corrected chi connectivity index (χ3v) is 3.34. The molecule has 0 radical (unpaired) electrons. The molecule has 0 amide bonds. The minimum Gasteiger partial charge on any atom is -0.489 e. The Balaban J connectivity index is 2.16. The fourth-order valence-corrected chi connectivity index (χ4v) is 2.20. The van der Waals surface area contributed by atoms with Gasteiger partial charge in [-0.25, -0.2) is 0 Å². The van der Waals surface area contributed by atoms with Crippen molar-refractivity contribution in [2.24, 2.45) is 5.73 Å². The highest BCUT2D eigenvalue weighted by Crippen LogP contribution is 2.23. The van der Waals surface area contributed by atoms with Gasteiger partial charge < -0.3 is 10.5 Å². The monoisotopic (exact) mass is 285 g/mol. The Labute approximate surface area is 125 Å². The zero-order valence-electron chi connectivity index (χ0n) is 11.6. The standard InChI is InChI=1S/C17H19NOS/c1-2-6-14-11-15(17(18)20)9-10-16(14)19-12-13-7-4-3-5-8-13/h3-5,7-11H,2,6,12H2,1H3,(H2,18,20). The summed E-state index contributed by atoms with van der Waals surface area (Å²) in [6, 6.07) is 16.1. The van der Waals surface area contributed by atoms with Crippen LogP contribution < -0.4 is 10.5 Å². The summed E-state index contributed by atoms with van der Waals surface area (Å²) in [4.78, 5) is 0.428. The van der Waals surface area contributed by atoms with Crippen LogP contribution in [0.25, 0.3) is 0 Å². The van der Waals surface area contributed by atoms with Crippen LogP contribution in [0.5, 0.6) is 5.75 Å². The lowest BCUT2D eigenvalue weighted by molar-refractivity contribution is 0.303. The summed E-state index contributed by atoms with van der Waals surface area (Å²) in [6.07, 6.45) is 2.02. The van der Waals surface area contributed by atoms with Crippen LogP contribution in [0.3, 0.4) is 0 Å². The Hall–Kier alpha value is -1.87. The summed E-state index contributed by atoms with van der Waals surface area (Å²) in [5.41, 5.74) is 8.90. The summed E-state index contributed by atoms with van der Waals surface area (Å²) in [6.45, 7) is 2.72. The average molecular weight is 285 g/mol. The zero-order chi connectivity index (χ0) is 14.4. The predicted octanol–water partition coefficient (Wildman–Crippen LogP) is 3.85. The topological polar surface area (TPSA) is 35.2 Å². The number of hydrogen-bond acceptors (Lipinski definition) is 2. The van der Waals surface area contributed by atoms with Crippen molar-refractivity contribution in [2.45, 2.75) is 26.4 Å². The molecule has 0 aliphatic heterocycles. The predicted molar refractivity (Wildman–Crippen MR) is 87.1 cm³/mol. The molecule has 2 aromatic rings. The van der Waals surface area contributed by atoms with E-state index < -0.39 is 0 Å². The maximum Gasteiger partial charge on any atom is 0.123 e. The Morgan fingerprint density at radius 3 is 2.55 bits per heavy atom. The minimum absolute atomic E-state index is 0.428. The molecule has 0 unspecified atom stereocenters. The van der Waals surface area contributed by atoms with Crippen LogP contribution in [0.1, 0.15) is 30.0 Å². The fourth-order valence-electron chi connectivity index (χ4n) is 2.07. The molecule has 0 saturated carbocycles. The second-order valence-electron chi connectivity index (χ2n) is 4.71. The second kappa shape index (κ2) is 7.06. The van der Waals surface area contributed by atoms with Gasteiger partial charge in [-0.2, -0.15) is 0 Å². The normalized spacial score (nSPS) is 10.2. The highest BCUT2D eigenvalue weighted by molar-refractivity contribution is 7.80. The van der Waals surface area contributed by atoms with Crippen molar-refractivity contribution in [3.63, 3.8) is 0 Å². The van der Waals surface area contributed by atoms with Crippen LogP contribution in [-0.2, 0) is 13.0 Å². The molecule has 104 valence electrons. The van der Waals surface area contributed by atoms with Gasteiger partial charge >= 0.3 is 0 Å². The van der Waals surface area contributed by atoms with Gasteiger partial charge in [-0.3, -0.25) is 0 Å². The van der Waals surface area contributed by atoms with Crippen LogP contribution in [0.4, 0.5) is 0 Å². The van der Waals surface area contributed by atoms with Crippen molar-refractivity contribution in [2.75, 3.05) is 0 Å². The van der Waals surface area contributed by atoms with Crippen LogP contribution in [0.15, 0.2) is 48.5 Å². The van der Waals surface area contributed by atoms with E-state index in [0.717, 1.165) is 35.3 Å². The number of hydrogen-bond donors (Lipinski definition) is 1. The van der Waals surface area contributed by atoms with Gasteiger partial charge in [0.1, 0.15) is 17.3 Å². The van der Waals surface area contributed by atoms with Crippen LogP contribution in [-0.4, -0.2) is 4.99 Å². The van der Waals surface area contributed by atoms with E-state index in [1.807, 2.05) is 36.4 Å². The Bertz CT molecular complexity index is 581. The molecule has 0 aliphatic rings. The molecule has 0 bridgehead atoms. The van der Waals surface area contributed by atoms with E-state index in [0.29, 0.717) is 11.6 Å². The lowest BCUT2D eigenvalue weighted by Gasteiger charge is -2.12. The van der Waals surface area contributed by atoms with Gasteiger partial charge in [0.25, 0.3) is 0 Å². The number of thiocarbonyl (C=S) groups is 1. The smallest absolute Gasteiger partial charge is 0.123 e. The maximum absolute atomic E-state index is 5.93. The van der Waals surface area contributed by atoms with Crippen LogP contribution >= 0.6 is 12.2 Å². The summed E-state index contributed by atoms with van der Waals surface area (Å²) in [7, 11) is 0. The first kappa shape index (κ1) is 14.5. The molecule has 0 heterocycles. The number of aryl methyl sites for hydroxylation is 1. The first-order valence-electron chi connectivity index (χ1n) is 6.80. The first-order valence-corrected chi connectivity index (χ1v) is 7.21.